The van der Waals surface area contributed by atoms with Crippen LogP contribution in [0.5, 0.6) is 0 Å². The topological polar surface area (TPSA) is 62.3 Å². The summed E-state index contributed by atoms with van der Waals surface area (Å²) < 4.78 is 2.02. The summed E-state index contributed by atoms with van der Waals surface area (Å²) in [5.41, 5.74) is 2.00. The standard InChI is InChI=1S/C16H16BrN3O2S2/c17-12-3-1-11(2-4-12)9-23-16-19-13(10-24-16)7-15(22)20-6-5-18-14(21)8-20/h1-4,10H,5-9H2,(H,18,21). The van der Waals surface area contributed by atoms with Crippen molar-refractivity contribution in [3.05, 3.63) is 45.4 Å². The quantitative estimate of drug-likeness (QED) is 0.747. The Morgan fingerprint density at radius 3 is 2.92 bits per heavy atom. The Labute approximate surface area is 157 Å². The lowest BCUT2D eigenvalue weighted by Crippen LogP contribution is -2.50. The summed E-state index contributed by atoms with van der Waals surface area (Å²) in [6.45, 7) is 1.24. The van der Waals surface area contributed by atoms with E-state index in [1.807, 2.05) is 17.5 Å². The number of carbonyl (C=O) groups is 2. The summed E-state index contributed by atoms with van der Waals surface area (Å²) in [5.74, 6) is 0.707. The maximum Gasteiger partial charge on any atom is 0.239 e. The third-order valence-electron chi connectivity index (χ3n) is 3.53. The number of nitrogens with one attached hydrogen (secondary N) is 1. The van der Waals surface area contributed by atoms with Crippen LogP contribution < -0.4 is 5.32 Å². The van der Waals surface area contributed by atoms with E-state index in [9.17, 15) is 9.59 Å². The van der Waals surface area contributed by atoms with Crippen molar-refractivity contribution in [2.75, 3.05) is 19.6 Å². The predicted molar refractivity (Wildman–Crippen MR) is 99.1 cm³/mol. The van der Waals surface area contributed by atoms with Crippen LogP contribution in [-0.2, 0) is 21.8 Å². The van der Waals surface area contributed by atoms with E-state index < -0.39 is 0 Å². The number of rotatable bonds is 5. The van der Waals surface area contributed by atoms with Gasteiger partial charge in [-0.05, 0) is 17.7 Å². The molecule has 2 amide bonds. The first-order valence-corrected chi connectivity index (χ1v) is 10.1. The average Bonchev–Trinajstić information content (AvgIpc) is 3.02. The minimum atomic E-state index is -0.0985. The molecule has 1 aromatic carbocycles. The second-order valence-electron chi connectivity index (χ2n) is 5.36. The maximum atomic E-state index is 12.2. The largest absolute Gasteiger partial charge is 0.353 e. The number of piperazine rings is 1. The minimum absolute atomic E-state index is 0.0420. The average molecular weight is 426 g/mol. The number of halogens is 1. The molecule has 0 bridgehead atoms. The SMILES string of the molecule is O=C1CN(C(=O)Cc2csc(SCc3ccc(Br)cc3)n2)CCN1. The normalized spacial score (nSPS) is 14.5. The van der Waals surface area contributed by atoms with Crippen LogP contribution in [0.4, 0.5) is 0 Å². The number of thiazole rings is 1. The second kappa shape index (κ2) is 8.13. The number of hydrogen-bond acceptors (Lipinski definition) is 5. The zero-order valence-corrected chi connectivity index (χ0v) is 16.0. The molecule has 1 saturated heterocycles. The molecular formula is C16H16BrN3O2S2. The predicted octanol–water partition coefficient (Wildman–Crippen LogP) is 2.70. The van der Waals surface area contributed by atoms with Gasteiger partial charge < -0.3 is 10.2 Å². The van der Waals surface area contributed by atoms with Crippen LogP contribution in [0.2, 0.25) is 0 Å². The molecule has 1 N–H and O–H groups in total. The van der Waals surface area contributed by atoms with E-state index in [2.05, 4.69) is 38.4 Å². The molecule has 1 aliphatic heterocycles. The molecule has 1 aromatic heterocycles. The monoisotopic (exact) mass is 425 g/mol. The Morgan fingerprint density at radius 2 is 2.17 bits per heavy atom. The fourth-order valence-electron chi connectivity index (χ4n) is 2.28. The Kier molecular flexibility index (Phi) is 5.91. The first-order valence-electron chi connectivity index (χ1n) is 7.46. The van der Waals surface area contributed by atoms with Crippen LogP contribution in [0.3, 0.4) is 0 Å². The van der Waals surface area contributed by atoms with Crippen molar-refractivity contribution in [3.8, 4) is 0 Å². The first kappa shape index (κ1) is 17.4. The molecule has 0 spiro atoms. The molecule has 0 radical (unpaired) electrons. The lowest BCUT2D eigenvalue weighted by Gasteiger charge is -2.26. The fourth-order valence-corrected chi connectivity index (χ4v) is 4.34. The summed E-state index contributed by atoms with van der Waals surface area (Å²) in [7, 11) is 0. The number of amides is 2. The third kappa shape index (κ3) is 4.81. The Morgan fingerprint density at radius 1 is 1.38 bits per heavy atom. The van der Waals surface area contributed by atoms with Gasteiger partial charge in [-0.25, -0.2) is 4.98 Å². The van der Waals surface area contributed by atoms with Crippen LogP contribution in [0.15, 0.2) is 38.5 Å². The van der Waals surface area contributed by atoms with E-state index in [0.29, 0.717) is 13.1 Å². The smallest absolute Gasteiger partial charge is 0.239 e. The van der Waals surface area contributed by atoms with Crippen molar-refractivity contribution in [2.45, 2.75) is 16.5 Å². The Balaban J connectivity index is 1.52. The van der Waals surface area contributed by atoms with Crippen LogP contribution in [-0.4, -0.2) is 41.3 Å². The number of aromatic nitrogens is 1. The van der Waals surface area contributed by atoms with Gasteiger partial charge in [-0.15, -0.1) is 11.3 Å². The lowest BCUT2D eigenvalue weighted by molar-refractivity contribution is -0.137. The number of nitrogens with zero attached hydrogens (tertiary/aromatic N) is 2. The molecule has 3 rings (SSSR count). The lowest BCUT2D eigenvalue weighted by atomic mass is 10.2. The van der Waals surface area contributed by atoms with Crippen molar-refractivity contribution in [2.24, 2.45) is 0 Å². The van der Waals surface area contributed by atoms with E-state index in [0.717, 1.165) is 20.3 Å². The van der Waals surface area contributed by atoms with Crippen LogP contribution >= 0.6 is 39.0 Å². The molecule has 5 nitrogen and oxygen atoms in total. The maximum absolute atomic E-state index is 12.2. The zero-order valence-electron chi connectivity index (χ0n) is 12.8. The molecule has 8 heteroatoms. The molecule has 0 atom stereocenters. The summed E-state index contributed by atoms with van der Waals surface area (Å²) >= 11 is 6.65. The van der Waals surface area contributed by atoms with Crippen LogP contribution in [0.1, 0.15) is 11.3 Å². The van der Waals surface area contributed by atoms with E-state index in [-0.39, 0.29) is 24.8 Å². The summed E-state index contributed by atoms with van der Waals surface area (Å²) in [6.07, 6.45) is 0.253. The molecular weight excluding hydrogens is 410 g/mol. The van der Waals surface area contributed by atoms with Crippen molar-refractivity contribution in [1.82, 2.24) is 15.2 Å². The Hall–Kier alpha value is -1.38. The molecule has 1 aliphatic rings. The second-order valence-corrected chi connectivity index (χ2v) is 8.36. The summed E-state index contributed by atoms with van der Waals surface area (Å²) in [4.78, 5) is 29.7. The highest BCUT2D eigenvalue weighted by Gasteiger charge is 2.21. The van der Waals surface area contributed by atoms with Gasteiger partial charge in [-0.1, -0.05) is 39.8 Å². The van der Waals surface area contributed by atoms with Crippen molar-refractivity contribution >= 4 is 50.8 Å². The molecule has 126 valence electrons. The van der Waals surface area contributed by atoms with Gasteiger partial charge in [0.15, 0.2) is 0 Å². The van der Waals surface area contributed by atoms with Gasteiger partial charge in [0.1, 0.15) is 4.34 Å². The van der Waals surface area contributed by atoms with E-state index in [1.54, 1.807) is 28.0 Å². The highest BCUT2D eigenvalue weighted by atomic mass is 79.9. The van der Waals surface area contributed by atoms with Crippen LogP contribution in [0.25, 0.3) is 0 Å². The van der Waals surface area contributed by atoms with Gasteiger partial charge in [0.25, 0.3) is 0 Å². The van der Waals surface area contributed by atoms with Crippen molar-refractivity contribution in [3.63, 3.8) is 0 Å². The zero-order chi connectivity index (χ0) is 16.9. The van der Waals surface area contributed by atoms with Gasteiger partial charge in [0.2, 0.25) is 11.8 Å². The fraction of sp³-hybridized carbons (Fsp3) is 0.312. The molecule has 2 heterocycles. The van der Waals surface area contributed by atoms with Crippen LogP contribution in [0, 0.1) is 0 Å². The molecule has 2 aromatic rings. The van der Waals surface area contributed by atoms with Crippen molar-refractivity contribution < 1.29 is 9.59 Å². The van der Waals surface area contributed by atoms with Gasteiger partial charge in [-0.3, -0.25) is 9.59 Å². The van der Waals surface area contributed by atoms with Gasteiger partial charge >= 0.3 is 0 Å². The Bertz CT molecular complexity index is 733. The number of carbonyl (C=O) groups excluding carboxylic acids is 2. The highest BCUT2D eigenvalue weighted by Crippen LogP contribution is 2.27. The number of hydrogen-bond donors (Lipinski definition) is 1. The van der Waals surface area contributed by atoms with E-state index >= 15 is 0 Å². The van der Waals surface area contributed by atoms with Gasteiger partial charge in [0.05, 0.1) is 18.7 Å². The highest BCUT2D eigenvalue weighted by molar-refractivity contribution is 9.10. The number of benzene rings is 1. The molecule has 0 unspecified atom stereocenters. The summed E-state index contributed by atoms with van der Waals surface area (Å²) in [5, 5.41) is 4.64. The minimum Gasteiger partial charge on any atom is -0.353 e. The van der Waals surface area contributed by atoms with Gasteiger partial charge in [0, 0.05) is 28.7 Å². The first-order chi connectivity index (χ1) is 11.6. The van der Waals surface area contributed by atoms with Crippen molar-refractivity contribution in [1.29, 1.82) is 0 Å². The molecule has 24 heavy (non-hydrogen) atoms. The van der Waals surface area contributed by atoms with E-state index in [1.165, 1.54) is 5.56 Å². The molecule has 0 saturated carbocycles. The van der Waals surface area contributed by atoms with Gasteiger partial charge in [-0.2, -0.15) is 0 Å². The summed E-state index contributed by atoms with van der Waals surface area (Å²) in [6, 6.07) is 8.21. The number of thioether (sulfide) groups is 1. The molecule has 0 aliphatic carbocycles. The van der Waals surface area contributed by atoms with E-state index in [4.69, 9.17) is 0 Å². The molecule has 1 fully saturated rings. The third-order valence-corrected chi connectivity index (χ3v) is 6.20.